The van der Waals surface area contributed by atoms with Crippen LogP contribution in [0.5, 0.6) is 0 Å². The fourth-order valence-electron chi connectivity index (χ4n) is 3.24. The minimum atomic E-state index is -0.362. The van der Waals surface area contributed by atoms with Gasteiger partial charge in [-0.15, -0.1) is 11.3 Å². The average Bonchev–Trinajstić information content (AvgIpc) is 3.09. The molecule has 1 aliphatic rings. The summed E-state index contributed by atoms with van der Waals surface area (Å²) in [5.41, 5.74) is 0.786. The van der Waals surface area contributed by atoms with E-state index in [1.54, 1.807) is 18.2 Å². The minimum absolute atomic E-state index is 0.0511. The number of nitrogens with zero attached hydrogens (tertiary/aromatic N) is 3. The second-order valence-corrected chi connectivity index (χ2v) is 7.97. The predicted octanol–water partition coefficient (Wildman–Crippen LogP) is 4.36. The lowest BCUT2D eigenvalue weighted by molar-refractivity contribution is 0.0751. The maximum Gasteiger partial charge on any atom is 0.264 e. The highest BCUT2D eigenvalue weighted by Crippen LogP contribution is 2.30. The standard InChI is InChI=1S/C19H17ClFN3OS/c1-12-2-5-16(26-12)19(25)24-10-8-23(9-11-24)15-4-3-13-14(20)6-7-22-18(13)17(15)21/h2-7H,8-11H2,1H3. The van der Waals surface area contributed by atoms with Gasteiger partial charge >= 0.3 is 0 Å². The van der Waals surface area contributed by atoms with Crippen LogP contribution in [0.3, 0.4) is 0 Å². The number of hydrogen-bond acceptors (Lipinski definition) is 4. The zero-order valence-corrected chi connectivity index (χ0v) is 15.8. The number of aryl methyl sites for hydroxylation is 1. The topological polar surface area (TPSA) is 36.4 Å². The Morgan fingerprint density at radius 2 is 1.92 bits per heavy atom. The molecule has 0 spiro atoms. The molecule has 0 bridgehead atoms. The summed E-state index contributed by atoms with van der Waals surface area (Å²) in [5.74, 6) is -0.311. The number of carbonyl (C=O) groups is 1. The molecule has 0 atom stereocenters. The number of pyridine rings is 1. The number of anilines is 1. The van der Waals surface area contributed by atoms with E-state index >= 15 is 0 Å². The van der Waals surface area contributed by atoms with Crippen molar-refractivity contribution >= 4 is 45.4 Å². The highest BCUT2D eigenvalue weighted by atomic mass is 35.5. The maximum absolute atomic E-state index is 14.9. The number of rotatable bonds is 2. The van der Waals surface area contributed by atoms with Crippen molar-refractivity contribution in [1.82, 2.24) is 9.88 Å². The Morgan fingerprint density at radius 1 is 1.15 bits per heavy atom. The molecule has 4 nitrogen and oxygen atoms in total. The molecule has 0 saturated carbocycles. The third-order valence-electron chi connectivity index (χ3n) is 4.64. The van der Waals surface area contributed by atoms with Crippen molar-refractivity contribution in [3.8, 4) is 0 Å². The minimum Gasteiger partial charge on any atom is -0.366 e. The van der Waals surface area contributed by atoms with E-state index < -0.39 is 0 Å². The van der Waals surface area contributed by atoms with Crippen LogP contribution in [0.15, 0.2) is 36.5 Å². The van der Waals surface area contributed by atoms with Gasteiger partial charge in [-0.3, -0.25) is 9.78 Å². The molecule has 4 rings (SSSR count). The van der Waals surface area contributed by atoms with Gasteiger partial charge in [0.2, 0.25) is 0 Å². The van der Waals surface area contributed by atoms with Crippen molar-refractivity contribution in [2.45, 2.75) is 6.92 Å². The zero-order valence-electron chi connectivity index (χ0n) is 14.2. The Morgan fingerprint density at radius 3 is 2.62 bits per heavy atom. The van der Waals surface area contributed by atoms with E-state index in [1.165, 1.54) is 17.5 Å². The van der Waals surface area contributed by atoms with E-state index in [0.717, 1.165) is 9.75 Å². The predicted molar refractivity (Wildman–Crippen MR) is 104 cm³/mol. The number of amides is 1. The molecular formula is C19H17ClFN3OS. The summed E-state index contributed by atoms with van der Waals surface area (Å²) in [6.45, 7) is 4.28. The Labute approximate surface area is 159 Å². The van der Waals surface area contributed by atoms with Crippen molar-refractivity contribution < 1.29 is 9.18 Å². The van der Waals surface area contributed by atoms with E-state index in [2.05, 4.69) is 4.98 Å². The van der Waals surface area contributed by atoms with Crippen molar-refractivity contribution in [1.29, 1.82) is 0 Å². The van der Waals surface area contributed by atoms with Crippen LogP contribution in [0.1, 0.15) is 14.5 Å². The molecule has 2 aromatic heterocycles. The number of thiophene rings is 1. The van der Waals surface area contributed by atoms with Crippen molar-refractivity contribution in [3.63, 3.8) is 0 Å². The molecular weight excluding hydrogens is 373 g/mol. The SMILES string of the molecule is Cc1ccc(C(=O)N2CCN(c3ccc4c(Cl)ccnc4c3F)CC2)s1. The van der Waals surface area contributed by atoms with Gasteiger partial charge in [-0.2, -0.15) is 0 Å². The molecule has 0 radical (unpaired) electrons. The highest BCUT2D eigenvalue weighted by molar-refractivity contribution is 7.13. The summed E-state index contributed by atoms with van der Waals surface area (Å²) in [6, 6.07) is 9.02. The first kappa shape index (κ1) is 17.2. The monoisotopic (exact) mass is 389 g/mol. The molecule has 0 unspecified atom stereocenters. The maximum atomic E-state index is 14.9. The van der Waals surface area contributed by atoms with Gasteiger partial charge in [0.05, 0.1) is 15.6 Å². The molecule has 0 N–H and O–H groups in total. The lowest BCUT2D eigenvalue weighted by Crippen LogP contribution is -2.48. The zero-order chi connectivity index (χ0) is 18.3. The number of benzene rings is 1. The number of fused-ring (bicyclic) bond motifs is 1. The molecule has 134 valence electrons. The number of aromatic nitrogens is 1. The fraction of sp³-hybridized carbons (Fsp3) is 0.263. The van der Waals surface area contributed by atoms with Gasteiger partial charge in [0, 0.05) is 42.6 Å². The van der Waals surface area contributed by atoms with E-state index in [9.17, 15) is 9.18 Å². The second kappa shape index (κ2) is 6.85. The molecule has 26 heavy (non-hydrogen) atoms. The summed E-state index contributed by atoms with van der Waals surface area (Å²) in [5, 5.41) is 1.10. The van der Waals surface area contributed by atoms with Crippen LogP contribution in [0, 0.1) is 12.7 Å². The summed E-state index contributed by atoms with van der Waals surface area (Å²) < 4.78 is 14.9. The van der Waals surface area contributed by atoms with Crippen LogP contribution >= 0.6 is 22.9 Å². The van der Waals surface area contributed by atoms with Gasteiger partial charge in [-0.05, 0) is 37.3 Å². The van der Waals surface area contributed by atoms with Crippen molar-refractivity contribution in [2.24, 2.45) is 0 Å². The molecule has 1 amide bonds. The smallest absolute Gasteiger partial charge is 0.264 e. The molecule has 3 heterocycles. The molecule has 0 aliphatic carbocycles. The molecule has 1 saturated heterocycles. The Balaban J connectivity index is 1.52. The summed E-state index contributed by atoms with van der Waals surface area (Å²) in [7, 11) is 0. The second-order valence-electron chi connectivity index (χ2n) is 6.28. The van der Waals surface area contributed by atoms with Gasteiger partial charge in [0.25, 0.3) is 5.91 Å². The highest BCUT2D eigenvalue weighted by Gasteiger charge is 2.25. The van der Waals surface area contributed by atoms with Crippen molar-refractivity contribution in [3.05, 3.63) is 57.1 Å². The van der Waals surface area contributed by atoms with E-state index in [1.807, 2.05) is 28.9 Å². The quantitative estimate of drug-likeness (QED) is 0.653. The first-order chi connectivity index (χ1) is 12.5. The third-order valence-corrected chi connectivity index (χ3v) is 5.95. The molecule has 3 aromatic rings. The molecule has 1 aromatic carbocycles. The third kappa shape index (κ3) is 3.04. The molecule has 1 fully saturated rings. The van der Waals surface area contributed by atoms with E-state index in [-0.39, 0.29) is 17.2 Å². The van der Waals surface area contributed by atoms with Gasteiger partial charge < -0.3 is 9.80 Å². The molecule has 7 heteroatoms. The van der Waals surface area contributed by atoms with Gasteiger partial charge in [-0.1, -0.05) is 11.6 Å². The van der Waals surface area contributed by atoms with Crippen molar-refractivity contribution in [2.75, 3.05) is 31.1 Å². The largest absolute Gasteiger partial charge is 0.366 e. The van der Waals surface area contributed by atoms with Crippen LogP contribution in [0.4, 0.5) is 10.1 Å². The first-order valence-corrected chi connectivity index (χ1v) is 9.57. The van der Waals surface area contributed by atoms with Crippen LogP contribution in [-0.4, -0.2) is 42.0 Å². The summed E-state index contributed by atoms with van der Waals surface area (Å²) in [6.07, 6.45) is 1.51. The number of piperazine rings is 1. The van der Waals surface area contributed by atoms with Crippen LogP contribution in [0.2, 0.25) is 5.02 Å². The van der Waals surface area contributed by atoms with E-state index in [0.29, 0.717) is 42.3 Å². The van der Waals surface area contributed by atoms with Gasteiger partial charge in [-0.25, -0.2) is 4.39 Å². The number of hydrogen-bond donors (Lipinski definition) is 0. The lowest BCUT2D eigenvalue weighted by atomic mass is 10.1. The van der Waals surface area contributed by atoms with Crippen LogP contribution in [-0.2, 0) is 0 Å². The van der Waals surface area contributed by atoms with E-state index in [4.69, 9.17) is 11.6 Å². The number of halogens is 2. The Kier molecular flexibility index (Phi) is 4.54. The van der Waals surface area contributed by atoms with Gasteiger partial charge in [0.15, 0.2) is 5.82 Å². The fourth-order valence-corrected chi connectivity index (χ4v) is 4.28. The van der Waals surface area contributed by atoms with Gasteiger partial charge in [0.1, 0.15) is 5.52 Å². The summed E-state index contributed by atoms with van der Waals surface area (Å²) >= 11 is 7.62. The molecule has 1 aliphatic heterocycles. The normalized spacial score (nSPS) is 14.9. The first-order valence-electron chi connectivity index (χ1n) is 8.38. The van der Waals surface area contributed by atoms with Crippen LogP contribution < -0.4 is 4.90 Å². The van der Waals surface area contributed by atoms with Crippen LogP contribution in [0.25, 0.3) is 10.9 Å². The lowest BCUT2D eigenvalue weighted by Gasteiger charge is -2.36. The Bertz CT molecular complexity index is 982. The Hall–Kier alpha value is -2.18. The average molecular weight is 390 g/mol. The summed E-state index contributed by atoms with van der Waals surface area (Å²) in [4.78, 5) is 22.4. The number of carbonyl (C=O) groups excluding carboxylic acids is 1.